The Morgan fingerprint density at radius 2 is 1.97 bits per heavy atom. The zero-order valence-corrected chi connectivity index (χ0v) is 20.4. The number of nitriles is 1. The van der Waals surface area contributed by atoms with Gasteiger partial charge in [-0.3, -0.25) is 14.2 Å². The number of hydrogen-bond donors (Lipinski definition) is 2. The number of aryl methyl sites for hydroxylation is 2. The fraction of sp³-hybridized carbons (Fsp3) is 0.154. The number of nitrogens with one attached hydrogen (secondary N) is 1. The molecule has 0 aliphatic carbocycles. The van der Waals surface area contributed by atoms with Crippen molar-refractivity contribution in [2.45, 2.75) is 19.8 Å². The summed E-state index contributed by atoms with van der Waals surface area (Å²) >= 11 is 0.856. The number of halogens is 1. The third-order valence-corrected chi connectivity index (χ3v) is 7.02. The van der Waals surface area contributed by atoms with Crippen molar-refractivity contribution in [3.63, 3.8) is 0 Å². The molecule has 1 aliphatic rings. The van der Waals surface area contributed by atoms with Crippen molar-refractivity contribution in [3.05, 3.63) is 90.1 Å². The van der Waals surface area contributed by atoms with Crippen LogP contribution in [0, 0.1) is 31.0 Å². The highest BCUT2D eigenvalue weighted by atomic mass is 32.1. The molecule has 1 atom stereocenters. The highest BCUT2D eigenvalue weighted by Crippen LogP contribution is 2.36. The van der Waals surface area contributed by atoms with Gasteiger partial charge >= 0.3 is 5.97 Å². The van der Waals surface area contributed by atoms with E-state index < -0.39 is 29.2 Å². The lowest BCUT2D eigenvalue weighted by Gasteiger charge is -2.25. The number of carbonyl (C=O) groups is 2. The summed E-state index contributed by atoms with van der Waals surface area (Å²) in [6.07, 6.45) is 0.994. The van der Waals surface area contributed by atoms with E-state index in [0.29, 0.717) is 11.3 Å². The van der Waals surface area contributed by atoms with Crippen LogP contribution in [-0.2, 0) is 14.3 Å². The number of anilines is 1. The summed E-state index contributed by atoms with van der Waals surface area (Å²) in [6, 6.07) is 12.8. The molecule has 10 heteroatoms. The van der Waals surface area contributed by atoms with Crippen LogP contribution in [0.25, 0.3) is 17.5 Å². The number of benzene rings is 2. The topological polar surface area (TPSA) is 127 Å². The summed E-state index contributed by atoms with van der Waals surface area (Å²) in [7, 11) is 1.17. The van der Waals surface area contributed by atoms with Gasteiger partial charge in [0.2, 0.25) is 0 Å². The van der Waals surface area contributed by atoms with Gasteiger partial charge in [-0.05, 0) is 54.8 Å². The quantitative estimate of drug-likeness (QED) is 0.522. The van der Waals surface area contributed by atoms with Gasteiger partial charge in [0.25, 0.3) is 11.5 Å². The number of thiazole rings is 1. The van der Waals surface area contributed by atoms with Crippen molar-refractivity contribution in [1.82, 2.24) is 4.57 Å². The molecule has 36 heavy (non-hydrogen) atoms. The molecular weight excluding hydrogens is 483 g/mol. The molecule has 4 rings (SSSR count). The molecule has 2 heterocycles. The van der Waals surface area contributed by atoms with Gasteiger partial charge in [-0.2, -0.15) is 5.26 Å². The molecule has 0 unspecified atom stereocenters. The van der Waals surface area contributed by atoms with Crippen LogP contribution in [-0.4, -0.2) is 23.6 Å². The maximum absolute atomic E-state index is 14.2. The lowest BCUT2D eigenvalue weighted by Crippen LogP contribution is -2.40. The molecule has 1 aliphatic heterocycles. The number of carbonyl (C=O) groups excluding carboxylic acids is 2. The predicted octanol–water partition coefficient (Wildman–Crippen LogP) is 1.86. The molecular formula is C26H21FN4O4S. The van der Waals surface area contributed by atoms with E-state index in [9.17, 15) is 24.0 Å². The number of rotatable bonds is 4. The Bertz CT molecular complexity index is 1680. The summed E-state index contributed by atoms with van der Waals surface area (Å²) in [6.45, 7) is 3.84. The molecule has 0 saturated heterocycles. The van der Waals surface area contributed by atoms with Crippen LogP contribution in [0.4, 0.5) is 10.1 Å². The second-order valence-electron chi connectivity index (χ2n) is 8.15. The zero-order valence-electron chi connectivity index (χ0n) is 19.6. The molecule has 2 aromatic carbocycles. The van der Waals surface area contributed by atoms with E-state index >= 15 is 0 Å². The standard InChI is InChI=1S/C26H21FN4O4S/c1-13-7-8-17(9-14(13)2)30-24(33)22-21(15-5-4-6-16(27)10-15)18(12-28)23(29)31-25(34)19(36-26(22)31)11-20(32)35-3/h4-11,21H,29H2,1-3H3,(H,30,33)/b19-11-/t21-/m0/s1. The number of methoxy groups -OCH3 is 1. The van der Waals surface area contributed by atoms with Gasteiger partial charge in [-0.25, -0.2) is 9.18 Å². The van der Waals surface area contributed by atoms with Gasteiger partial charge in [-0.1, -0.05) is 18.2 Å². The van der Waals surface area contributed by atoms with Gasteiger partial charge in [0, 0.05) is 11.8 Å². The van der Waals surface area contributed by atoms with E-state index in [-0.39, 0.29) is 26.2 Å². The van der Waals surface area contributed by atoms with Gasteiger partial charge in [0.05, 0.1) is 30.2 Å². The van der Waals surface area contributed by atoms with Crippen LogP contribution < -0.4 is 25.8 Å². The zero-order chi connectivity index (χ0) is 26.1. The summed E-state index contributed by atoms with van der Waals surface area (Å²) in [5.41, 5.74) is 8.30. The van der Waals surface area contributed by atoms with Gasteiger partial charge in [0.15, 0.2) is 0 Å². The third kappa shape index (κ3) is 4.32. The maximum atomic E-state index is 14.2. The number of nitrogens with two attached hydrogens (primary N) is 1. The minimum Gasteiger partial charge on any atom is -0.466 e. The SMILES string of the molecule is COC(=O)/C=c1\sc2n(c1=O)C(N)=C(C#N)[C@H](c1cccc(F)c1)C=2C(=O)Nc1ccc(C)c(C)c1. The first-order chi connectivity index (χ1) is 17.2. The Labute approximate surface area is 209 Å². The van der Waals surface area contributed by atoms with E-state index in [1.165, 1.54) is 25.3 Å². The number of fused-ring (bicyclic) bond motifs is 1. The molecule has 1 aromatic heterocycles. The van der Waals surface area contributed by atoms with Crippen LogP contribution >= 0.6 is 11.3 Å². The van der Waals surface area contributed by atoms with Crippen molar-refractivity contribution in [3.8, 4) is 6.07 Å². The van der Waals surface area contributed by atoms with E-state index in [4.69, 9.17) is 5.73 Å². The van der Waals surface area contributed by atoms with Crippen LogP contribution in [0.2, 0.25) is 0 Å². The fourth-order valence-corrected chi connectivity index (χ4v) is 5.11. The number of hydrogen-bond acceptors (Lipinski definition) is 7. The normalized spacial score (nSPS) is 15.4. The molecule has 3 aromatic rings. The van der Waals surface area contributed by atoms with Crippen molar-refractivity contribution >= 4 is 46.4 Å². The van der Waals surface area contributed by atoms with Crippen LogP contribution in [0.15, 0.2) is 52.8 Å². The van der Waals surface area contributed by atoms with Crippen LogP contribution in [0.3, 0.4) is 0 Å². The number of esters is 1. The maximum Gasteiger partial charge on any atom is 0.332 e. The Morgan fingerprint density at radius 3 is 2.61 bits per heavy atom. The predicted molar refractivity (Wildman–Crippen MR) is 134 cm³/mol. The number of amides is 1. The van der Waals surface area contributed by atoms with Gasteiger partial charge in [-0.15, -0.1) is 11.3 Å². The van der Waals surface area contributed by atoms with E-state index in [1.54, 1.807) is 18.2 Å². The first-order valence-electron chi connectivity index (χ1n) is 10.8. The number of nitrogens with zero attached hydrogens (tertiary/aromatic N) is 2. The Hall–Kier alpha value is -4.49. The van der Waals surface area contributed by atoms with E-state index in [2.05, 4.69) is 10.1 Å². The first-order valence-corrected chi connectivity index (χ1v) is 11.6. The summed E-state index contributed by atoms with van der Waals surface area (Å²) in [4.78, 5) is 38.7. The Morgan fingerprint density at radius 1 is 1.22 bits per heavy atom. The number of ether oxygens (including phenoxy) is 1. The third-order valence-electron chi connectivity index (χ3n) is 5.91. The molecule has 0 radical (unpaired) electrons. The first kappa shape index (κ1) is 24.6. The van der Waals surface area contributed by atoms with Crippen LogP contribution in [0.1, 0.15) is 22.6 Å². The average molecular weight is 505 g/mol. The summed E-state index contributed by atoms with van der Waals surface area (Å²) in [5, 5.41) is 12.8. The molecule has 1 amide bonds. The molecule has 182 valence electrons. The number of allylic oxidation sites excluding steroid dienone is 1. The van der Waals surface area contributed by atoms with Crippen molar-refractivity contribution in [2.24, 2.45) is 5.73 Å². The van der Waals surface area contributed by atoms with Gasteiger partial charge < -0.3 is 15.8 Å². The van der Waals surface area contributed by atoms with E-state index in [1.807, 2.05) is 26.0 Å². The second-order valence-corrected chi connectivity index (χ2v) is 9.18. The van der Waals surface area contributed by atoms with E-state index in [0.717, 1.165) is 33.1 Å². The van der Waals surface area contributed by atoms with Gasteiger partial charge in [0.1, 0.15) is 20.8 Å². The largest absolute Gasteiger partial charge is 0.466 e. The fourth-order valence-electron chi connectivity index (χ4n) is 3.97. The Kier molecular flexibility index (Phi) is 6.59. The second kappa shape index (κ2) is 9.64. The molecule has 0 fully saturated rings. The summed E-state index contributed by atoms with van der Waals surface area (Å²) in [5.74, 6) is -3.19. The smallest absolute Gasteiger partial charge is 0.332 e. The molecule has 3 N–H and O–H groups in total. The minimum atomic E-state index is -1.05. The molecule has 0 spiro atoms. The number of aromatic nitrogens is 1. The lowest BCUT2D eigenvalue weighted by atomic mass is 9.83. The van der Waals surface area contributed by atoms with Crippen molar-refractivity contribution < 1.29 is 18.7 Å². The van der Waals surface area contributed by atoms with Crippen molar-refractivity contribution in [1.29, 1.82) is 5.26 Å². The lowest BCUT2D eigenvalue weighted by molar-refractivity contribution is -0.133. The highest BCUT2D eigenvalue weighted by Gasteiger charge is 2.36. The molecule has 0 saturated carbocycles. The highest BCUT2D eigenvalue weighted by molar-refractivity contribution is 7.07. The minimum absolute atomic E-state index is 0.0243. The van der Waals surface area contributed by atoms with Crippen molar-refractivity contribution in [2.75, 3.05) is 12.4 Å². The monoisotopic (exact) mass is 504 g/mol. The van der Waals surface area contributed by atoms with Crippen LogP contribution in [0.5, 0.6) is 0 Å². The molecule has 0 bridgehead atoms. The average Bonchev–Trinajstić information content (AvgIpc) is 3.16. The summed E-state index contributed by atoms with van der Waals surface area (Å²) < 4.78 is 20.0. The Balaban J connectivity index is 2.05. The molecule has 8 nitrogen and oxygen atoms in total.